The summed E-state index contributed by atoms with van der Waals surface area (Å²) in [5.41, 5.74) is -0.984. The van der Waals surface area contributed by atoms with Crippen LogP contribution in [0, 0.1) is 0 Å². The lowest BCUT2D eigenvalue weighted by Gasteiger charge is -2.23. The highest BCUT2D eigenvalue weighted by molar-refractivity contribution is 4.90. The number of epoxide rings is 2. The Balaban J connectivity index is 1.81. The summed E-state index contributed by atoms with van der Waals surface area (Å²) in [6.45, 7) is 1.23. The molecule has 0 spiro atoms. The van der Waals surface area contributed by atoms with Gasteiger partial charge in [0.1, 0.15) is 0 Å². The largest absolute Gasteiger partial charge is 0.393 e. The van der Waals surface area contributed by atoms with Gasteiger partial charge in [-0.2, -0.15) is 0 Å². The topological polar surface area (TPSA) is 65.5 Å². The zero-order valence-electron chi connectivity index (χ0n) is 6.90. The van der Waals surface area contributed by atoms with E-state index in [1.54, 1.807) is 0 Å². The van der Waals surface area contributed by atoms with Crippen LogP contribution in [0.3, 0.4) is 0 Å². The van der Waals surface area contributed by atoms with E-state index in [9.17, 15) is 5.11 Å². The summed E-state index contributed by atoms with van der Waals surface area (Å²) in [6, 6.07) is 0. The fourth-order valence-corrected chi connectivity index (χ4v) is 1.43. The second kappa shape index (κ2) is 2.96. The normalized spacial score (nSPS) is 37.5. The van der Waals surface area contributed by atoms with Crippen LogP contribution in [0.15, 0.2) is 0 Å². The molecule has 4 nitrogen and oxygen atoms in total. The Morgan fingerprint density at radius 2 is 1.58 bits per heavy atom. The number of hydrogen-bond donors (Lipinski definition) is 2. The maximum Gasteiger partial charge on any atom is 0.0928 e. The number of hydrogen-bond acceptors (Lipinski definition) is 4. The molecule has 0 aromatic rings. The molecule has 0 bridgehead atoms. The zero-order chi connectivity index (χ0) is 8.60. The summed E-state index contributed by atoms with van der Waals surface area (Å²) >= 11 is 0. The molecule has 2 rings (SSSR count). The Bertz CT molecular complexity index is 148. The van der Waals surface area contributed by atoms with Crippen LogP contribution in [-0.2, 0) is 9.47 Å². The van der Waals surface area contributed by atoms with Crippen LogP contribution < -0.4 is 0 Å². The maximum atomic E-state index is 9.83. The lowest BCUT2D eigenvalue weighted by atomic mass is 9.93. The summed E-state index contributed by atoms with van der Waals surface area (Å²) in [7, 11) is 0. The van der Waals surface area contributed by atoms with Crippen LogP contribution in [0.2, 0.25) is 0 Å². The van der Waals surface area contributed by atoms with Crippen molar-refractivity contribution in [3.8, 4) is 0 Å². The average molecular weight is 174 g/mol. The van der Waals surface area contributed by atoms with Gasteiger partial charge in [-0.25, -0.2) is 0 Å². The summed E-state index contributed by atoms with van der Waals surface area (Å²) in [5, 5.41) is 18.8. The molecule has 4 heteroatoms. The Morgan fingerprint density at radius 3 is 1.83 bits per heavy atom. The molecule has 2 heterocycles. The summed E-state index contributed by atoms with van der Waals surface area (Å²) < 4.78 is 9.99. The first-order chi connectivity index (χ1) is 5.72. The molecule has 0 aromatic heterocycles. The lowest BCUT2D eigenvalue weighted by molar-refractivity contribution is -0.0372. The van der Waals surface area contributed by atoms with Gasteiger partial charge in [0.05, 0.1) is 37.6 Å². The highest BCUT2D eigenvalue weighted by Gasteiger charge is 2.40. The third-order valence-electron chi connectivity index (χ3n) is 2.31. The quantitative estimate of drug-likeness (QED) is 0.540. The molecule has 2 aliphatic rings. The third kappa shape index (κ3) is 2.17. The molecule has 0 amide bonds. The van der Waals surface area contributed by atoms with E-state index in [2.05, 4.69) is 0 Å². The van der Waals surface area contributed by atoms with Crippen LogP contribution in [0.5, 0.6) is 0 Å². The molecule has 0 saturated carbocycles. The Kier molecular flexibility index (Phi) is 2.08. The first-order valence-corrected chi connectivity index (χ1v) is 4.28. The van der Waals surface area contributed by atoms with Crippen LogP contribution in [0.4, 0.5) is 0 Å². The fourth-order valence-electron chi connectivity index (χ4n) is 1.43. The van der Waals surface area contributed by atoms with Crippen molar-refractivity contribution in [1.82, 2.24) is 0 Å². The highest BCUT2D eigenvalue weighted by Crippen LogP contribution is 2.30. The van der Waals surface area contributed by atoms with E-state index in [-0.39, 0.29) is 18.8 Å². The van der Waals surface area contributed by atoms with Gasteiger partial charge in [0.15, 0.2) is 0 Å². The second-order valence-electron chi connectivity index (χ2n) is 3.70. The van der Waals surface area contributed by atoms with Crippen molar-refractivity contribution in [1.29, 1.82) is 0 Å². The van der Waals surface area contributed by atoms with E-state index in [4.69, 9.17) is 14.6 Å². The lowest BCUT2D eigenvalue weighted by Crippen LogP contribution is -2.36. The SMILES string of the molecule is OCC(O)(CC1CO1)CC1CO1. The minimum Gasteiger partial charge on any atom is -0.393 e. The minimum absolute atomic E-state index is 0.154. The standard InChI is InChI=1S/C8H14O4/c9-5-8(10,1-6-3-11-6)2-7-4-12-7/h6-7,9-10H,1-5H2. The molecular formula is C8H14O4. The van der Waals surface area contributed by atoms with Gasteiger partial charge in [-0.05, 0) is 0 Å². The van der Waals surface area contributed by atoms with Gasteiger partial charge in [0.2, 0.25) is 0 Å². The summed E-state index contributed by atoms with van der Waals surface area (Å²) in [5.74, 6) is 0. The first kappa shape index (κ1) is 8.44. The van der Waals surface area contributed by atoms with E-state index in [0.29, 0.717) is 26.1 Å². The van der Waals surface area contributed by atoms with Gasteiger partial charge >= 0.3 is 0 Å². The monoisotopic (exact) mass is 174 g/mol. The molecule has 2 unspecified atom stereocenters. The number of rotatable bonds is 5. The van der Waals surface area contributed by atoms with Crippen LogP contribution in [-0.4, -0.2) is 47.8 Å². The summed E-state index contributed by atoms with van der Waals surface area (Å²) in [4.78, 5) is 0. The van der Waals surface area contributed by atoms with Crippen molar-refractivity contribution in [3.63, 3.8) is 0 Å². The van der Waals surface area contributed by atoms with Gasteiger partial charge < -0.3 is 19.7 Å². The van der Waals surface area contributed by atoms with Gasteiger partial charge in [0.25, 0.3) is 0 Å². The average Bonchev–Trinajstić information content (AvgIpc) is 2.85. The van der Waals surface area contributed by atoms with Gasteiger partial charge in [-0.15, -0.1) is 0 Å². The Labute approximate surface area is 71.1 Å². The van der Waals surface area contributed by atoms with E-state index < -0.39 is 5.60 Å². The van der Waals surface area contributed by atoms with Crippen LogP contribution in [0.1, 0.15) is 12.8 Å². The number of ether oxygens (including phenoxy) is 2. The van der Waals surface area contributed by atoms with Gasteiger partial charge in [0, 0.05) is 12.8 Å². The molecule has 12 heavy (non-hydrogen) atoms. The molecule has 2 fully saturated rings. The van der Waals surface area contributed by atoms with Gasteiger partial charge in [-0.3, -0.25) is 0 Å². The molecule has 0 aliphatic carbocycles. The minimum atomic E-state index is -0.984. The van der Waals surface area contributed by atoms with E-state index in [1.807, 2.05) is 0 Å². The maximum absolute atomic E-state index is 9.83. The van der Waals surface area contributed by atoms with E-state index in [1.165, 1.54) is 0 Å². The molecule has 2 aliphatic heterocycles. The molecule has 0 radical (unpaired) electrons. The smallest absolute Gasteiger partial charge is 0.0928 e. The molecule has 0 aromatic carbocycles. The van der Waals surface area contributed by atoms with Crippen LogP contribution >= 0.6 is 0 Å². The van der Waals surface area contributed by atoms with Crippen molar-refractivity contribution in [3.05, 3.63) is 0 Å². The van der Waals surface area contributed by atoms with Crippen molar-refractivity contribution in [2.24, 2.45) is 0 Å². The van der Waals surface area contributed by atoms with Crippen molar-refractivity contribution >= 4 is 0 Å². The summed E-state index contributed by atoms with van der Waals surface area (Å²) in [6.07, 6.45) is 1.37. The molecule has 2 atom stereocenters. The second-order valence-corrected chi connectivity index (χ2v) is 3.70. The van der Waals surface area contributed by atoms with Crippen LogP contribution in [0.25, 0.3) is 0 Å². The predicted octanol–water partition coefficient (Wildman–Crippen LogP) is -0.712. The van der Waals surface area contributed by atoms with E-state index in [0.717, 1.165) is 0 Å². The van der Waals surface area contributed by atoms with Crippen molar-refractivity contribution in [2.45, 2.75) is 30.7 Å². The molecular weight excluding hydrogens is 160 g/mol. The Hall–Kier alpha value is -0.160. The molecule has 2 N–H and O–H groups in total. The fraction of sp³-hybridized carbons (Fsp3) is 1.00. The zero-order valence-corrected chi connectivity index (χ0v) is 6.90. The Morgan fingerprint density at radius 1 is 1.17 bits per heavy atom. The van der Waals surface area contributed by atoms with Crippen molar-refractivity contribution in [2.75, 3.05) is 19.8 Å². The van der Waals surface area contributed by atoms with Gasteiger partial charge in [-0.1, -0.05) is 0 Å². The third-order valence-corrected chi connectivity index (χ3v) is 2.31. The number of aliphatic hydroxyl groups is 2. The molecule has 70 valence electrons. The highest BCUT2D eigenvalue weighted by atomic mass is 16.6. The molecule has 2 saturated heterocycles. The number of aliphatic hydroxyl groups excluding tert-OH is 1. The predicted molar refractivity (Wildman–Crippen MR) is 40.7 cm³/mol. The first-order valence-electron chi connectivity index (χ1n) is 4.28. The van der Waals surface area contributed by atoms with Crippen molar-refractivity contribution < 1.29 is 19.7 Å². The van der Waals surface area contributed by atoms with E-state index >= 15 is 0 Å².